The Morgan fingerprint density at radius 1 is 1.38 bits per heavy atom. The van der Waals surface area contributed by atoms with Crippen LogP contribution in [0.4, 0.5) is 0 Å². The van der Waals surface area contributed by atoms with Gasteiger partial charge in [0.2, 0.25) is 0 Å². The molecule has 1 aliphatic carbocycles. The molecule has 1 heterocycles. The molecule has 2 rings (SSSR count). The van der Waals surface area contributed by atoms with Crippen LogP contribution in [0.5, 0.6) is 0 Å². The number of likely N-dealkylation sites (tertiary alicyclic amines) is 1. The molecule has 0 radical (unpaired) electrons. The third-order valence-corrected chi connectivity index (χ3v) is 4.16. The van der Waals surface area contributed by atoms with Crippen LogP contribution in [0, 0.1) is 5.41 Å². The molecule has 2 heteroatoms. The number of rotatable bonds is 2. The van der Waals surface area contributed by atoms with Crippen LogP contribution in [0.2, 0.25) is 0 Å². The van der Waals surface area contributed by atoms with Crippen molar-refractivity contribution >= 4 is 0 Å². The van der Waals surface area contributed by atoms with E-state index in [0.717, 1.165) is 6.04 Å². The van der Waals surface area contributed by atoms with E-state index in [1.807, 2.05) is 0 Å². The highest BCUT2D eigenvalue weighted by molar-refractivity contribution is 5.05. The molecule has 2 aliphatic rings. The highest BCUT2D eigenvalue weighted by atomic mass is 15.2. The molecule has 2 fully saturated rings. The van der Waals surface area contributed by atoms with Gasteiger partial charge in [0.15, 0.2) is 0 Å². The van der Waals surface area contributed by atoms with Crippen LogP contribution in [-0.2, 0) is 0 Å². The maximum Gasteiger partial charge on any atom is 0.0159 e. The first-order valence-corrected chi connectivity index (χ1v) is 5.57. The van der Waals surface area contributed by atoms with Crippen LogP contribution >= 0.6 is 0 Å². The summed E-state index contributed by atoms with van der Waals surface area (Å²) >= 11 is 0. The normalized spacial score (nSPS) is 40.2. The van der Waals surface area contributed by atoms with Gasteiger partial charge >= 0.3 is 0 Å². The van der Waals surface area contributed by atoms with Crippen molar-refractivity contribution in [3.63, 3.8) is 0 Å². The van der Waals surface area contributed by atoms with Gasteiger partial charge in [0.1, 0.15) is 0 Å². The molecule has 76 valence electrons. The maximum atomic E-state index is 2.61. The van der Waals surface area contributed by atoms with Gasteiger partial charge in [-0.3, -0.25) is 0 Å². The van der Waals surface area contributed by atoms with Crippen molar-refractivity contribution in [1.82, 2.24) is 9.80 Å². The molecule has 1 saturated heterocycles. The van der Waals surface area contributed by atoms with Gasteiger partial charge in [-0.2, -0.15) is 0 Å². The molecule has 2 unspecified atom stereocenters. The second kappa shape index (κ2) is 3.25. The molecule has 1 saturated carbocycles. The number of hydrogen-bond acceptors (Lipinski definition) is 2. The molecular weight excluding hydrogens is 160 g/mol. The fourth-order valence-electron chi connectivity index (χ4n) is 3.22. The lowest BCUT2D eigenvalue weighted by Crippen LogP contribution is -2.54. The van der Waals surface area contributed by atoms with Gasteiger partial charge in [-0.15, -0.1) is 0 Å². The highest BCUT2D eigenvalue weighted by Gasteiger charge is 2.50. The molecule has 1 aliphatic heterocycles. The molecule has 0 aromatic carbocycles. The van der Waals surface area contributed by atoms with Crippen molar-refractivity contribution in [1.29, 1.82) is 0 Å². The molecule has 13 heavy (non-hydrogen) atoms. The Labute approximate surface area is 81.9 Å². The first-order chi connectivity index (χ1) is 6.18. The van der Waals surface area contributed by atoms with E-state index in [4.69, 9.17) is 0 Å². The molecule has 2 nitrogen and oxygen atoms in total. The van der Waals surface area contributed by atoms with E-state index in [1.54, 1.807) is 0 Å². The van der Waals surface area contributed by atoms with Gasteiger partial charge in [-0.1, -0.05) is 6.92 Å². The summed E-state index contributed by atoms with van der Waals surface area (Å²) in [4.78, 5) is 5.04. The average molecular weight is 182 g/mol. The van der Waals surface area contributed by atoms with E-state index < -0.39 is 0 Å². The number of nitrogens with zero attached hydrogens (tertiary/aromatic N) is 2. The number of hydrogen-bond donors (Lipinski definition) is 0. The smallest absolute Gasteiger partial charge is 0.0159 e. The van der Waals surface area contributed by atoms with Crippen molar-refractivity contribution in [2.75, 3.05) is 33.7 Å². The van der Waals surface area contributed by atoms with Crippen LogP contribution in [0.15, 0.2) is 0 Å². The van der Waals surface area contributed by atoms with Crippen molar-refractivity contribution in [2.45, 2.75) is 32.2 Å². The lowest BCUT2D eigenvalue weighted by Gasteiger charge is -2.50. The minimum atomic E-state index is 0.680. The van der Waals surface area contributed by atoms with Crippen molar-refractivity contribution in [2.24, 2.45) is 5.41 Å². The predicted octanol–water partition coefficient (Wildman–Crippen LogP) is 1.42. The molecule has 0 bridgehead atoms. The van der Waals surface area contributed by atoms with E-state index in [0.29, 0.717) is 5.41 Å². The Bertz CT molecular complexity index is 191. The Balaban J connectivity index is 1.99. The maximum absolute atomic E-state index is 2.61. The zero-order valence-electron chi connectivity index (χ0n) is 9.21. The van der Waals surface area contributed by atoms with Gasteiger partial charge in [0, 0.05) is 12.6 Å². The summed E-state index contributed by atoms with van der Waals surface area (Å²) in [6.45, 7) is 6.21. The largest absolute Gasteiger partial charge is 0.306 e. The molecule has 2 atom stereocenters. The quantitative estimate of drug-likeness (QED) is 0.637. The van der Waals surface area contributed by atoms with E-state index in [1.165, 1.54) is 38.9 Å². The minimum absolute atomic E-state index is 0.680. The molecule has 0 N–H and O–H groups in total. The molecular formula is C11H22N2. The predicted molar refractivity (Wildman–Crippen MR) is 55.9 cm³/mol. The fraction of sp³-hybridized carbons (Fsp3) is 1.00. The zero-order chi connectivity index (χ0) is 9.47. The molecule has 1 spiro atoms. The van der Waals surface area contributed by atoms with Crippen molar-refractivity contribution in [3.8, 4) is 0 Å². The SMILES string of the molecule is CCN1CCC2(CCC2N(C)C)C1. The third kappa shape index (κ3) is 1.40. The van der Waals surface area contributed by atoms with Crippen LogP contribution in [0.3, 0.4) is 0 Å². The van der Waals surface area contributed by atoms with Crippen molar-refractivity contribution < 1.29 is 0 Å². The molecule has 0 aromatic heterocycles. The lowest BCUT2D eigenvalue weighted by molar-refractivity contribution is 0.00752. The lowest BCUT2D eigenvalue weighted by atomic mass is 9.63. The summed E-state index contributed by atoms with van der Waals surface area (Å²) in [6, 6.07) is 0.865. The third-order valence-electron chi connectivity index (χ3n) is 4.16. The monoisotopic (exact) mass is 182 g/mol. The highest BCUT2D eigenvalue weighted by Crippen LogP contribution is 2.49. The van der Waals surface area contributed by atoms with E-state index in [9.17, 15) is 0 Å². The van der Waals surface area contributed by atoms with Crippen LogP contribution in [-0.4, -0.2) is 49.6 Å². The van der Waals surface area contributed by atoms with Gasteiger partial charge in [0.05, 0.1) is 0 Å². The first kappa shape index (κ1) is 9.47. The summed E-state index contributed by atoms with van der Waals surface area (Å²) in [5.41, 5.74) is 0.680. The summed E-state index contributed by atoms with van der Waals surface area (Å²) in [5, 5.41) is 0. The van der Waals surface area contributed by atoms with E-state index in [-0.39, 0.29) is 0 Å². The second-order valence-corrected chi connectivity index (χ2v) is 5.00. The zero-order valence-corrected chi connectivity index (χ0v) is 9.21. The van der Waals surface area contributed by atoms with E-state index >= 15 is 0 Å². The Morgan fingerprint density at radius 2 is 2.15 bits per heavy atom. The van der Waals surface area contributed by atoms with Gasteiger partial charge < -0.3 is 9.80 Å². The standard InChI is InChI=1S/C11H22N2/c1-4-13-8-7-11(9-13)6-5-10(11)12(2)3/h10H,4-9H2,1-3H3. The van der Waals surface area contributed by atoms with Crippen LogP contribution in [0.25, 0.3) is 0 Å². The Morgan fingerprint density at radius 3 is 2.54 bits per heavy atom. The minimum Gasteiger partial charge on any atom is -0.306 e. The molecule has 0 amide bonds. The van der Waals surface area contributed by atoms with Crippen LogP contribution < -0.4 is 0 Å². The summed E-state index contributed by atoms with van der Waals surface area (Å²) in [6.07, 6.45) is 4.32. The first-order valence-electron chi connectivity index (χ1n) is 5.57. The summed E-state index contributed by atoms with van der Waals surface area (Å²) < 4.78 is 0. The van der Waals surface area contributed by atoms with Gasteiger partial charge in [-0.25, -0.2) is 0 Å². The topological polar surface area (TPSA) is 6.48 Å². The average Bonchev–Trinajstić information content (AvgIpc) is 2.46. The van der Waals surface area contributed by atoms with Crippen molar-refractivity contribution in [3.05, 3.63) is 0 Å². The van der Waals surface area contributed by atoms with Gasteiger partial charge in [-0.05, 0) is 51.9 Å². The van der Waals surface area contributed by atoms with Gasteiger partial charge in [0.25, 0.3) is 0 Å². The summed E-state index contributed by atoms with van der Waals surface area (Å²) in [7, 11) is 4.47. The molecule has 0 aromatic rings. The van der Waals surface area contributed by atoms with E-state index in [2.05, 4.69) is 30.8 Å². The Kier molecular flexibility index (Phi) is 2.37. The van der Waals surface area contributed by atoms with Crippen LogP contribution in [0.1, 0.15) is 26.2 Å². The fourth-order valence-corrected chi connectivity index (χ4v) is 3.22. The Hall–Kier alpha value is -0.0800. The second-order valence-electron chi connectivity index (χ2n) is 5.00. The summed E-state index contributed by atoms with van der Waals surface area (Å²) in [5.74, 6) is 0.